The number of aliphatic carboxylic acids is 3. The molecule has 0 aliphatic carbocycles. The molecule has 0 aromatic rings. The van der Waals surface area contributed by atoms with Crippen molar-refractivity contribution in [1.29, 1.82) is 0 Å². The van der Waals surface area contributed by atoms with Crippen LogP contribution in [0.3, 0.4) is 0 Å². The summed E-state index contributed by atoms with van der Waals surface area (Å²) in [6.07, 6.45) is -2.49. The maximum absolute atomic E-state index is 11.8. The minimum absolute atomic E-state index is 0.0552. The fraction of sp³-hybridized carbons (Fsp3) is 0.692. The van der Waals surface area contributed by atoms with Crippen LogP contribution in [0.5, 0.6) is 0 Å². The van der Waals surface area contributed by atoms with E-state index in [4.69, 9.17) is 15.3 Å². The predicted octanol–water partition coefficient (Wildman–Crippen LogP) is 0.197. The van der Waals surface area contributed by atoms with E-state index in [0.717, 1.165) is 12.2 Å². The van der Waals surface area contributed by atoms with Gasteiger partial charge in [0.1, 0.15) is 0 Å². The zero-order valence-electron chi connectivity index (χ0n) is 12.6. The average molecular weight is 352 g/mol. The van der Waals surface area contributed by atoms with E-state index in [1.807, 2.05) is 6.92 Å². The van der Waals surface area contributed by atoms with Gasteiger partial charge >= 0.3 is 23.9 Å². The van der Waals surface area contributed by atoms with Gasteiger partial charge in [-0.25, -0.2) is 14.4 Å². The number of carboxylic acids is 3. The molecule has 0 aliphatic heterocycles. The molecule has 9 nitrogen and oxygen atoms in total. The average Bonchev–Trinajstić information content (AvgIpc) is 2.46. The Labute approximate surface area is 136 Å². The second kappa shape index (κ2) is 10.1. The van der Waals surface area contributed by atoms with Gasteiger partial charge in [-0.2, -0.15) is 11.8 Å². The normalized spacial score (nSPS) is 14.5. The number of esters is 1. The first-order valence-electron chi connectivity index (χ1n) is 6.84. The Balaban J connectivity index is 4.86. The third kappa shape index (κ3) is 7.33. The van der Waals surface area contributed by atoms with Crippen molar-refractivity contribution in [2.45, 2.75) is 44.3 Å². The number of rotatable bonds is 12. The fourth-order valence-corrected chi connectivity index (χ4v) is 2.35. The molecule has 23 heavy (non-hydrogen) atoms. The van der Waals surface area contributed by atoms with Gasteiger partial charge in [-0.15, -0.1) is 0 Å². The number of carbonyl (C=O) groups excluding carboxylic acids is 1. The molecule has 0 saturated carbocycles. The Kier molecular flexibility index (Phi) is 9.27. The molecule has 4 N–H and O–H groups in total. The maximum atomic E-state index is 11.8. The van der Waals surface area contributed by atoms with Crippen LogP contribution in [0.2, 0.25) is 0 Å². The molecule has 0 radical (unpaired) electrons. The van der Waals surface area contributed by atoms with Crippen molar-refractivity contribution < 1.29 is 44.3 Å². The van der Waals surface area contributed by atoms with Crippen molar-refractivity contribution in [3.8, 4) is 0 Å². The van der Waals surface area contributed by atoms with E-state index in [9.17, 15) is 24.3 Å². The van der Waals surface area contributed by atoms with Gasteiger partial charge in [-0.05, 0) is 17.9 Å². The molecule has 0 fully saturated rings. The summed E-state index contributed by atoms with van der Waals surface area (Å²) >= 11 is 1.44. The minimum atomic E-state index is -3.09. The number of ether oxygens (including phenoxy) is 1. The highest BCUT2D eigenvalue weighted by Gasteiger charge is 2.47. The van der Waals surface area contributed by atoms with Crippen LogP contribution in [0.15, 0.2) is 0 Å². The molecule has 0 saturated heterocycles. The monoisotopic (exact) mass is 352 g/mol. The summed E-state index contributed by atoms with van der Waals surface area (Å²) in [6, 6.07) is 0. The highest BCUT2D eigenvalue weighted by Crippen LogP contribution is 2.19. The van der Waals surface area contributed by atoms with Crippen LogP contribution in [0, 0.1) is 0 Å². The first-order valence-corrected chi connectivity index (χ1v) is 7.99. The summed E-state index contributed by atoms with van der Waals surface area (Å²) in [4.78, 5) is 44.4. The lowest BCUT2D eigenvalue weighted by atomic mass is 9.98. The quantitative estimate of drug-likeness (QED) is 0.217. The van der Waals surface area contributed by atoms with E-state index < -0.39 is 48.4 Å². The van der Waals surface area contributed by atoms with Crippen LogP contribution >= 0.6 is 11.8 Å². The van der Waals surface area contributed by atoms with Crippen LogP contribution in [0.1, 0.15) is 32.6 Å². The van der Waals surface area contributed by atoms with Gasteiger partial charge < -0.3 is 25.2 Å². The van der Waals surface area contributed by atoms with Gasteiger partial charge in [0.2, 0.25) is 0 Å². The number of carbonyl (C=O) groups is 4. The van der Waals surface area contributed by atoms with Crippen LogP contribution < -0.4 is 0 Å². The van der Waals surface area contributed by atoms with Gasteiger partial charge in [0, 0.05) is 19.3 Å². The molecule has 10 heteroatoms. The Morgan fingerprint density at radius 2 is 1.74 bits per heavy atom. The maximum Gasteiger partial charge on any atom is 0.350 e. The van der Waals surface area contributed by atoms with E-state index in [2.05, 4.69) is 4.74 Å². The third-order valence-electron chi connectivity index (χ3n) is 2.79. The Bertz CT molecular complexity index is 451. The molecule has 0 bridgehead atoms. The van der Waals surface area contributed by atoms with Gasteiger partial charge in [0.15, 0.2) is 6.10 Å². The lowest BCUT2D eigenvalue weighted by Crippen LogP contribution is -2.50. The molecule has 0 aliphatic rings. The van der Waals surface area contributed by atoms with E-state index in [1.165, 1.54) is 11.8 Å². The van der Waals surface area contributed by atoms with E-state index in [-0.39, 0.29) is 6.42 Å². The van der Waals surface area contributed by atoms with Crippen molar-refractivity contribution >= 4 is 35.6 Å². The second-order valence-corrected chi connectivity index (χ2v) is 5.92. The second-order valence-electron chi connectivity index (χ2n) is 4.69. The van der Waals surface area contributed by atoms with E-state index in [1.54, 1.807) is 0 Å². The van der Waals surface area contributed by atoms with Crippen molar-refractivity contribution in [2.75, 3.05) is 11.5 Å². The smallest absolute Gasteiger partial charge is 0.350 e. The molecule has 0 aromatic carbocycles. The summed E-state index contributed by atoms with van der Waals surface area (Å²) in [6.45, 7) is 1.94. The zero-order chi connectivity index (χ0) is 18.0. The summed E-state index contributed by atoms with van der Waals surface area (Å²) in [5.41, 5.74) is -3.09. The molecule has 132 valence electrons. The predicted molar refractivity (Wildman–Crippen MR) is 79.2 cm³/mol. The van der Waals surface area contributed by atoms with E-state index in [0.29, 0.717) is 5.75 Å². The lowest BCUT2D eigenvalue weighted by molar-refractivity contribution is -0.189. The standard InChI is InChI=1S/C13H20O9S/c1-2-6-23-7-4-8(10(16)17)22-12(20)13(21,11(18)19)5-3-9(14)15/h8,21H,2-7H2,1H3,(H,14,15)(H,16,17)(H,18,19). The van der Waals surface area contributed by atoms with Gasteiger partial charge in [0.05, 0.1) is 0 Å². The number of thioether (sulfide) groups is 1. The molecule has 2 unspecified atom stereocenters. The summed E-state index contributed by atoms with van der Waals surface area (Å²) in [7, 11) is 0. The van der Waals surface area contributed by atoms with E-state index >= 15 is 0 Å². The minimum Gasteiger partial charge on any atom is -0.481 e. The largest absolute Gasteiger partial charge is 0.481 e. The third-order valence-corrected chi connectivity index (χ3v) is 4.01. The summed E-state index contributed by atoms with van der Waals surface area (Å²) < 4.78 is 4.58. The molecule has 0 amide bonds. The molecule has 0 heterocycles. The van der Waals surface area contributed by atoms with Crippen molar-refractivity contribution in [3.63, 3.8) is 0 Å². The molecule has 0 rings (SSSR count). The molecular weight excluding hydrogens is 332 g/mol. The van der Waals surface area contributed by atoms with Gasteiger partial charge in [-0.1, -0.05) is 6.92 Å². The van der Waals surface area contributed by atoms with Crippen molar-refractivity contribution in [3.05, 3.63) is 0 Å². The highest BCUT2D eigenvalue weighted by molar-refractivity contribution is 7.99. The molecule has 0 spiro atoms. The number of hydrogen-bond acceptors (Lipinski definition) is 7. The summed E-state index contributed by atoms with van der Waals surface area (Å²) in [5.74, 6) is -5.39. The van der Waals surface area contributed by atoms with Crippen molar-refractivity contribution in [1.82, 2.24) is 0 Å². The van der Waals surface area contributed by atoms with Crippen LogP contribution in [-0.2, 0) is 23.9 Å². The zero-order valence-corrected chi connectivity index (χ0v) is 13.4. The van der Waals surface area contributed by atoms with Gasteiger partial charge in [0.25, 0.3) is 5.60 Å². The Morgan fingerprint density at radius 1 is 1.13 bits per heavy atom. The lowest BCUT2D eigenvalue weighted by Gasteiger charge is -2.23. The molecule has 2 atom stereocenters. The van der Waals surface area contributed by atoms with Crippen LogP contribution in [-0.4, -0.2) is 67.5 Å². The molecule has 0 aromatic heterocycles. The highest BCUT2D eigenvalue weighted by atomic mass is 32.2. The van der Waals surface area contributed by atoms with Crippen LogP contribution in [0.4, 0.5) is 0 Å². The number of aliphatic hydroxyl groups is 1. The van der Waals surface area contributed by atoms with Crippen LogP contribution in [0.25, 0.3) is 0 Å². The topological polar surface area (TPSA) is 158 Å². The fourth-order valence-electron chi connectivity index (χ4n) is 1.48. The number of carboxylic acid groups (broad SMARTS) is 3. The Morgan fingerprint density at radius 3 is 2.17 bits per heavy atom. The van der Waals surface area contributed by atoms with Crippen molar-refractivity contribution in [2.24, 2.45) is 0 Å². The first kappa shape index (κ1) is 21.2. The SMILES string of the molecule is CCCSCCC(OC(=O)C(O)(CCC(=O)O)C(=O)O)C(=O)O. The van der Waals surface area contributed by atoms with Gasteiger partial charge in [-0.3, -0.25) is 4.79 Å². The number of hydrogen-bond donors (Lipinski definition) is 4. The summed E-state index contributed by atoms with van der Waals surface area (Å²) in [5, 5.41) is 36.2. The molecular formula is C13H20O9S. The first-order chi connectivity index (χ1) is 10.6. The Hall–Kier alpha value is -1.81.